The number of aromatic nitrogens is 2. The first-order valence-corrected chi connectivity index (χ1v) is 7.54. The molecule has 2 aliphatic heterocycles. The van der Waals surface area contributed by atoms with Crippen molar-refractivity contribution in [3.8, 4) is 5.88 Å². The summed E-state index contributed by atoms with van der Waals surface area (Å²) in [5.41, 5.74) is 0.364. The number of morpholine rings is 1. The third-order valence-electron chi connectivity index (χ3n) is 4.16. The average molecular weight is 317 g/mol. The van der Waals surface area contributed by atoms with E-state index in [2.05, 4.69) is 9.88 Å². The van der Waals surface area contributed by atoms with E-state index in [1.54, 1.807) is 22.8 Å². The summed E-state index contributed by atoms with van der Waals surface area (Å²) in [6.07, 6.45) is 0. The van der Waals surface area contributed by atoms with Crippen molar-refractivity contribution in [1.29, 1.82) is 0 Å². The maximum absolute atomic E-state index is 13.2. The fraction of sp³-hybridized carbons (Fsp3) is 0.375. The van der Waals surface area contributed by atoms with Gasteiger partial charge in [-0.1, -0.05) is 12.1 Å². The topological polar surface area (TPSA) is 56.6 Å². The Morgan fingerprint density at radius 2 is 2.30 bits per heavy atom. The highest BCUT2D eigenvalue weighted by Gasteiger charge is 2.33. The zero-order valence-electron chi connectivity index (χ0n) is 12.4. The van der Waals surface area contributed by atoms with Crippen molar-refractivity contribution in [1.82, 2.24) is 9.55 Å². The van der Waals surface area contributed by atoms with E-state index in [1.807, 2.05) is 0 Å². The molecule has 0 radical (unpaired) electrons. The van der Waals surface area contributed by atoms with E-state index in [0.717, 1.165) is 12.4 Å². The van der Waals surface area contributed by atoms with Crippen LogP contribution in [0.1, 0.15) is 5.56 Å². The first-order valence-electron chi connectivity index (χ1n) is 7.54. The molecule has 0 spiro atoms. The number of halogens is 1. The van der Waals surface area contributed by atoms with Gasteiger partial charge in [0.15, 0.2) is 0 Å². The smallest absolute Gasteiger partial charge is 0.352 e. The molecule has 1 aromatic carbocycles. The number of hydrogen-bond acceptors (Lipinski definition) is 5. The Morgan fingerprint density at radius 1 is 1.39 bits per heavy atom. The first kappa shape index (κ1) is 14.2. The van der Waals surface area contributed by atoms with Gasteiger partial charge in [0.1, 0.15) is 18.2 Å². The van der Waals surface area contributed by atoms with Crippen LogP contribution in [-0.2, 0) is 17.9 Å². The second-order valence-electron chi connectivity index (χ2n) is 5.69. The molecule has 1 unspecified atom stereocenters. The summed E-state index contributed by atoms with van der Waals surface area (Å²) in [6.45, 7) is 2.76. The van der Waals surface area contributed by atoms with E-state index < -0.39 is 0 Å². The lowest BCUT2D eigenvalue weighted by molar-refractivity contribution is 0.0956. The van der Waals surface area contributed by atoms with Crippen LogP contribution < -0.4 is 15.3 Å². The Balaban J connectivity index is 1.57. The van der Waals surface area contributed by atoms with Crippen LogP contribution >= 0.6 is 0 Å². The number of anilines is 1. The second kappa shape index (κ2) is 5.66. The fourth-order valence-corrected chi connectivity index (χ4v) is 3.06. The minimum atomic E-state index is -0.328. The van der Waals surface area contributed by atoms with Gasteiger partial charge in [-0.05, 0) is 17.7 Å². The lowest BCUT2D eigenvalue weighted by Gasteiger charge is -2.30. The molecular formula is C16H16FN3O3. The Morgan fingerprint density at radius 3 is 3.17 bits per heavy atom. The summed E-state index contributed by atoms with van der Waals surface area (Å²) in [6, 6.07) is 8.11. The van der Waals surface area contributed by atoms with E-state index >= 15 is 0 Å². The summed E-state index contributed by atoms with van der Waals surface area (Å²) in [7, 11) is 0. The predicted octanol–water partition coefficient (Wildman–Crippen LogP) is 1.18. The van der Waals surface area contributed by atoms with Gasteiger partial charge in [0.05, 0.1) is 25.8 Å². The minimum absolute atomic E-state index is 0.167. The Kier molecular flexibility index (Phi) is 3.49. The molecule has 6 nitrogen and oxygen atoms in total. The van der Waals surface area contributed by atoms with Crippen LogP contribution in [0.25, 0.3) is 0 Å². The SMILES string of the molecule is O=c1nc(OCc2cccc(F)c2)cc2n1CC1COCCN21. The molecule has 0 N–H and O–H groups in total. The summed E-state index contributed by atoms with van der Waals surface area (Å²) in [5, 5.41) is 0. The molecular weight excluding hydrogens is 301 g/mol. The number of rotatable bonds is 3. The van der Waals surface area contributed by atoms with Crippen LogP contribution in [0, 0.1) is 5.82 Å². The van der Waals surface area contributed by atoms with Crippen molar-refractivity contribution in [2.45, 2.75) is 19.2 Å². The molecule has 4 rings (SSSR count). The van der Waals surface area contributed by atoms with E-state index in [9.17, 15) is 9.18 Å². The molecule has 0 aliphatic carbocycles. The number of fused-ring (bicyclic) bond motifs is 3. The van der Waals surface area contributed by atoms with Gasteiger partial charge in [-0.3, -0.25) is 4.57 Å². The van der Waals surface area contributed by atoms with E-state index in [-0.39, 0.29) is 30.0 Å². The van der Waals surface area contributed by atoms with E-state index in [4.69, 9.17) is 9.47 Å². The van der Waals surface area contributed by atoms with Gasteiger partial charge < -0.3 is 14.4 Å². The van der Waals surface area contributed by atoms with E-state index in [1.165, 1.54) is 12.1 Å². The maximum atomic E-state index is 13.2. The molecule has 1 saturated heterocycles. The van der Waals surface area contributed by atoms with Crippen LogP contribution in [0.5, 0.6) is 5.88 Å². The van der Waals surface area contributed by atoms with Gasteiger partial charge in [-0.15, -0.1) is 0 Å². The second-order valence-corrected chi connectivity index (χ2v) is 5.69. The number of hydrogen-bond donors (Lipinski definition) is 0. The number of benzene rings is 1. The first-order chi connectivity index (χ1) is 11.2. The third kappa shape index (κ3) is 2.68. The summed E-state index contributed by atoms with van der Waals surface area (Å²) in [5.74, 6) is 0.759. The van der Waals surface area contributed by atoms with Crippen molar-refractivity contribution < 1.29 is 13.9 Å². The maximum Gasteiger partial charge on any atom is 0.352 e. The van der Waals surface area contributed by atoms with Crippen LogP contribution in [0.3, 0.4) is 0 Å². The van der Waals surface area contributed by atoms with Crippen LogP contribution in [0.4, 0.5) is 10.2 Å². The van der Waals surface area contributed by atoms with Crippen molar-refractivity contribution in [2.75, 3.05) is 24.7 Å². The molecule has 120 valence electrons. The fourth-order valence-electron chi connectivity index (χ4n) is 3.06. The number of nitrogens with zero attached hydrogens (tertiary/aromatic N) is 3. The molecule has 0 bridgehead atoms. The Bertz CT molecular complexity index is 792. The Labute approximate surface area is 132 Å². The highest BCUT2D eigenvalue weighted by atomic mass is 19.1. The van der Waals surface area contributed by atoms with Crippen LogP contribution in [0.15, 0.2) is 35.1 Å². The van der Waals surface area contributed by atoms with Crippen LogP contribution in [-0.4, -0.2) is 35.4 Å². The van der Waals surface area contributed by atoms with E-state index in [0.29, 0.717) is 25.3 Å². The monoisotopic (exact) mass is 317 g/mol. The molecule has 7 heteroatoms. The van der Waals surface area contributed by atoms with Gasteiger partial charge in [-0.25, -0.2) is 9.18 Å². The molecule has 0 saturated carbocycles. The lowest BCUT2D eigenvalue weighted by Crippen LogP contribution is -2.43. The zero-order valence-corrected chi connectivity index (χ0v) is 12.4. The largest absolute Gasteiger partial charge is 0.473 e. The molecule has 2 aromatic rings. The molecule has 2 aliphatic rings. The Hall–Kier alpha value is -2.41. The highest BCUT2D eigenvalue weighted by Crippen LogP contribution is 2.28. The van der Waals surface area contributed by atoms with Crippen LogP contribution in [0.2, 0.25) is 0 Å². The van der Waals surface area contributed by atoms with Gasteiger partial charge in [0.25, 0.3) is 0 Å². The third-order valence-corrected chi connectivity index (χ3v) is 4.16. The lowest BCUT2D eigenvalue weighted by atomic mass is 10.2. The van der Waals surface area contributed by atoms with Gasteiger partial charge in [-0.2, -0.15) is 4.98 Å². The molecule has 3 heterocycles. The highest BCUT2D eigenvalue weighted by molar-refractivity contribution is 5.47. The molecule has 1 fully saturated rings. The predicted molar refractivity (Wildman–Crippen MR) is 81.2 cm³/mol. The minimum Gasteiger partial charge on any atom is -0.473 e. The number of ether oxygens (including phenoxy) is 2. The summed E-state index contributed by atoms with van der Waals surface area (Å²) in [4.78, 5) is 18.3. The quantitative estimate of drug-likeness (QED) is 0.851. The van der Waals surface area contributed by atoms with Crippen molar-refractivity contribution in [3.63, 3.8) is 0 Å². The zero-order chi connectivity index (χ0) is 15.8. The molecule has 1 atom stereocenters. The summed E-state index contributed by atoms with van der Waals surface area (Å²) < 4.78 is 25.9. The summed E-state index contributed by atoms with van der Waals surface area (Å²) >= 11 is 0. The molecule has 1 aromatic heterocycles. The standard InChI is InChI=1S/C16H16FN3O3/c17-12-3-1-2-11(6-12)9-23-14-7-15-19-4-5-22-10-13(19)8-20(15)16(21)18-14/h1-3,6-7,13H,4-5,8-10H2. The normalized spacial score (nSPS) is 19.3. The van der Waals surface area contributed by atoms with Crippen molar-refractivity contribution >= 4 is 5.82 Å². The molecule has 23 heavy (non-hydrogen) atoms. The van der Waals surface area contributed by atoms with Crippen molar-refractivity contribution in [3.05, 3.63) is 52.2 Å². The van der Waals surface area contributed by atoms with Gasteiger partial charge in [0, 0.05) is 12.6 Å². The van der Waals surface area contributed by atoms with Gasteiger partial charge >= 0.3 is 5.69 Å². The molecule has 0 amide bonds. The van der Waals surface area contributed by atoms with Crippen molar-refractivity contribution in [2.24, 2.45) is 0 Å². The average Bonchev–Trinajstić information content (AvgIpc) is 2.93. The van der Waals surface area contributed by atoms with Gasteiger partial charge in [0.2, 0.25) is 5.88 Å².